The number of likely N-dealkylation sites (N-methyl/N-ethyl adjacent to an activating group) is 1. The highest BCUT2D eigenvalue weighted by Crippen LogP contribution is 2.27. The molecule has 1 aromatic carbocycles. The van der Waals surface area contributed by atoms with E-state index in [1.54, 1.807) is 0 Å². The normalized spacial score (nSPS) is 18.0. The lowest BCUT2D eigenvalue weighted by Crippen LogP contribution is -2.48. The van der Waals surface area contributed by atoms with Crippen LogP contribution in [0.3, 0.4) is 0 Å². The minimum atomic E-state index is -3.52. The zero-order valence-electron chi connectivity index (χ0n) is 14.2. The van der Waals surface area contributed by atoms with E-state index in [9.17, 15) is 8.42 Å². The summed E-state index contributed by atoms with van der Waals surface area (Å²) in [7, 11) is -3.52. The van der Waals surface area contributed by atoms with Crippen molar-refractivity contribution >= 4 is 21.8 Å². The van der Waals surface area contributed by atoms with E-state index >= 15 is 0 Å². The third-order valence-corrected chi connectivity index (χ3v) is 6.21. The number of hydrogen-bond acceptors (Lipinski definition) is 4. The molecule has 1 saturated heterocycles. The van der Waals surface area contributed by atoms with E-state index in [1.165, 1.54) is 4.31 Å². The Balaban J connectivity index is 2.15. The van der Waals surface area contributed by atoms with Gasteiger partial charge >= 0.3 is 0 Å². The van der Waals surface area contributed by atoms with Gasteiger partial charge in [-0.25, -0.2) is 4.72 Å². The van der Waals surface area contributed by atoms with E-state index in [4.69, 9.17) is 16.3 Å². The molecule has 1 aliphatic rings. The summed E-state index contributed by atoms with van der Waals surface area (Å²) in [6.07, 6.45) is 0. The number of benzene rings is 1. The van der Waals surface area contributed by atoms with Crippen molar-refractivity contribution in [3.05, 3.63) is 34.9 Å². The summed E-state index contributed by atoms with van der Waals surface area (Å²) in [5.74, 6) is 0. The molecule has 1 aromatic rings. The molecule has 24 heavy (non-hydrogen) atoms. The van der Waals surface area contributed by atoms with Crippen LogP contribution < -0.4 is 4.72 Å². The van der Waals surface area contributed by atoms with Crippen molar-refractivity contribution < 1.29 is 13.2 Å². The number of nitrogens with one attached hydrogen (secondary N) is 1. The van der Waals surface area contributed by atoms with Crippen LogP contribution in [0.5, 0.6) is 0 Å². The van der Waals surface area contributed by atoms with Gasteiger partial charge in [-0.3, -0.25) is 4.90 Å². The number of hydrogen-bond donors (Lipinski definition) is 1. The number of rotatable bonds is 8. The molecule has 8 heteroatoms. The van der Waals surface area contributed by atoms with E-state index < -0.39 is 10.2 Å². The summed E-state index contributed by atoms with van der Waals surface area (Å²) in [5.41, 5.74) is 0.938. The Morgan fingerprint density at radius 3 is 2.46 bits per heavy atom. The van der Waals surface area contributed by atoms with Crippen molar-refractivity contribution in [3.63, 3.8) is 0 Å². The van der Waals surface area contributed by atoms with E-state index in [-0.39, 0.29) is 12.6 Å². The summed E-state index contributed by atoms with van der Waals surface area (Å²) in [6.45, 7) is 7.67. The number of ether oxygens (including phenoxy) is 1. The van der Waals surface area contributed by atoms with Gasteiger partial charge in [0.05, 0.1) is 13.2 Å². The Bertz CT molecular complexity index is 617. The van der Waals surface area contributed by atoms with Crippen LogP contribution in [0.2, 0.25) is 5.02 Å². The maximum Gasteiger partial charge on any atom is 0.279 e. The lowest BCUT2D eigenvalue weighted by molar-refractivity contribution is 0.0723. The number of halogens is 1. The fourth-order valence-electron chi connectivity index (χ4n) is 2.91. The molecule has 1 N–H and O–H groups in total. The predicted molar refractivity (Wildman–Crippen MR) is 96.4 cm³/mol. The van der Waals surface area contributed by atoms with Gasteiger partial charge in [0.15, 0.2) is 0 Å². The molecule has 0 radical (unpaired) electrons. The molecule has 1 heterocycles. The number of nitrogens with zero attached hydrogens (tertiary/aromatic N) is 2. The van der Waals surface area contributed by atoms with Crippen LogP contribution in [0.15, 0.2) is 24.3 Å². The number of morpholine rings is 1. The first-order chi connectivity index (χ1) is 11.5. The highest BCUT2D eigenvalue weighted by atomic mass is 35.5. The van der Waals surface area contributed by atoms with E-state index in [0.29, 0.717) is 31.3 Å². The monoisotopic (exact) mass is 375 g/mol. The average Bonchev–Trinajstić information content (AvgIpc) is 2.60. The summed E-state index contributed by atoms with van der Waals surface area (Å²) in [5, 5.41) is 0.653. The van der Waals surface area contributed by atoms with Crippen LogP contribution in [0.4, 0.5) is 0 Å². The Morgan fingerprint density at radius 1 is 1.25 bits per heavy atom. The van der Waals surface area contributed by atoms with Crippen LogP contribution >= 0.6 is 11.6 Å². The van der Waals surface area contributed by atoms with Gasteiger partial charge < -0.3 is 4.74 Å². The van der Waals surface area contributed by atoms with Gasteiger partial charge in [0.25, 0.3) is 10.2 Å². The molecule has 1 aliphatic heterocycles. The second kappa shape index (κ2) is 9.12. The first-order valence-corrected chi connectivity index (χ1v) is 10.1. The van der Waals surface area contributed by atoms with Crippen molar-refractivity contribution in [2.45, 2.75) is 19.9 Å². The van der Waals surface area contributed by atoms with Gasteiger partial charge in [0, 0.05) is 30.7 Å². The molecular weight excluding hydrogens is 350 g/mol. The molecule has 0 spiro atoms. The smallest absolute Gasteiger partial charge is 0.279 e. The molecule has 0 amide bonds. The van der Waals surface area contributed by atoms with Gasteiger partial charge in [-0.1, -0.05) is 43.6 Å². The molecule has 0 bridgehead atoms. The van der Waals surface area contributed by atoms with Crippen LogP contribution in [-0.4, -0.2) is 63.6 Å². The fourth-order valence-corrected chi connectivity index (χ4v) is 4.35. The van der Waals surface area contributed by atoms with E-state index in [1.807, 2.05) is 24.3 Å². The fraction of sp³-hybridized carbons (Fsp3) is 0.625. The molecule has 0 aliphatic carbocycles. The summed E-state index contributed by atoms with van der Waals surface area (Å²) in [4.78, 5) is 2.20. The lowest BCUT2D eigenvalue weighted by Gasteiger charge is -2.32. The third kappa shape index (κ3) is 4.91. The van der Waals surface area contributed by atoms with Crippen molar-refractivity contribution in [1.29, 1.82) is 0 Å². The Hall–Kier alpha value is -0.700. The molecule has 1 fully saturated rings. The van der Waals surface area contributed by atoms with Gasteiger partial charge in [0.2, 0.25) is 0 Å². The lowest BCUT2D eigenvalue weighted by atomic mass is 10.1. The average molecular weight is 376 g/mol. The second-order valence-electron chi connectivity index (χ2n) is 5.62. The molecule has 136 valence electrons. The molecular formula is C16H26ClN3O3S. The molecule has 0 saturated carbocycles. The zero-order chi connectivity index (χ0) is 17.6. The summed E-state index contributed by atoms with van der Waals surface area (Å²) in [6, 6.07) is 7.49. The Labute approximate surface area is 149 Å². The van der Waals surface area contributed by atoms with Gasteiger partial charge in [-0.15, -0.1) is 0 Å². The quantitative estimate of drug-likeness (QED) is 0.753. The van der Waals surface area contributed by atoms with Crippen LogP contribution in [0.25, 0.3) is 0 Å². The minimum Gasteiger partial charge on any atom is -0.379 e. The molecule has 0 aromatic heterocycles. The van der Waals surface area contributed by atoms with Gasteiger partial charge in [-0.2, -0.15) is 12.7 Å². The SMILES string of the molecule is CCN(CC)[C@@H](CNS(=O)(=O)N1CCOCC1)c1ccccc1Cl. The first kappa shape index (κ1) is 19.6. The second-order valence-corrected chi connectivity index (χ2v) is 7.79. The van der Waals surface area contributed by atoms with Gasteiger partial charge in [-0.05, 0) is 24.7 Å². The standard InChI is InChI=1S/C16H26ClN3O3S/c1-3-19(4-2)16(14-7-5-6-8-15(14)17)13-18-24(21,22)20-9-11-23-12-10-20/h5-8,16,18H,3-4,9-13H2,1-2H3/t16-/m0/s1. The molecule has 0 unspecified atom stereocenters. The molecule has 6 nitrogen and oxygen atoms in total. The van der Waals surface area contributed by atoms with Crippen LogP contribution in [0, 0.1) is 0 Å². The first-order valence-electron chi connectivity index (χ1n) is 8.30. The van der Waals surface area contributed by atoms with E-state index in [0.717, 1.165) is 18.7 Å². The van der Waals surface area contributed by atoms with Crippen molar-refractivity contribution in [2.24, 2.45) is 0 Å². The Morgan fingerprint density at radius 2 is 1.88 bits per heavy atom. The predicted octanol–water partition coefficient (Wildman–Crippen LogP) is 1.89. The van der Waals surface area contributed by atoms with Crippen molar-refractivity contribution in [1.82, 2.24) is 13.9 Å². The van der Waals surface area contributed by atoms with E-state index in [2.05, 4.69) is 23.5 Å². The Kier molecular flexibility index (Phi) is 7.46. The largest absolute Gasteiger partial charge is 0.379 e. The summed E-state index contributed by atoms with van der Waals surface area (Å²) >= 11 is 6.34. The van der Waals surface area contributed by atoms with Crippen LogP contribution in [0.1, 0.15) is 25.5 Å². The maximum atomic E-state index is 12.5. The molecule has 2 rings (SSSR count). The third-order valence-electron chi connectivity index (χ3n) is 4.29. The highest BCUT2D eigenvalue weighted by molar-refractivity contribution is 7.87. The van der Waals surface area contributed by atoms with Crippen LogP contribution in [-0.2, 0) is 14.9 Å². The topological polar surface area (TPSA) is 61.9 Å². The van der Waals surface area contributed by atoms with Crippen molar-refractivity contribution in [2.75, 3.05) is 45.9 Å². The minimum absolute atomic E-state index is 0.107. The molecule has 1 atom stereocenters. The van der Waals surface area contributed by atoms with Gasteiger partial charge in [0.1, 0.15) is 0 Å². The zero-order valence-corrected chi connectivity index (χ0v) is 15.8. The maximum absolute atomic E-state index is 12.5. The highest BCUT2D eigenvalue weighted by Gasteiger charge is 2.27. The summed E-state index contributed by atoms with van der Waals surface area (Å²) < 4.78 is 34.4. The van der Waals surface area contributed by atoms with Crippen molar-refractivity contribution in [3.8, 4) is 0 Å².